The first-order valence-electron chi connectivity index (χ1n) is 10.9. The molecule has 3 aliphatic heterocycles. The van der Waals surface area contributed by atoms with Gasteiger partial charge in [-0.3, -0.25) is 14.6 Å². The van der Waals surface area contributed by atoms with Gasteiger partial charge in [0.1, 0.15) is 0 Å². The molecule has 3 saturated heterocycles. The van der Waals surface area contributed by atoms with Gasteiger partial charge in [0.05, 0.1) is 0 Å². The maximum Gasteiger partial charge on any atom is 0.223 e. The predicted molar refractivity (Wildman–Crippen MR) is 107 cm³/mol. The summed E-state index contributed by atoms with van der Waals surface area (Å²) in [5.41, 5.74) is 0.307. The normalized spacial score (nSPS) is 26.4. The maximum absolute atomic E-state index is 12.8. The number of amides is 1. The zero-order valence-electron chi connectivity index (χ0n) is 17.5. The maximum atomic E-state index is 12.8. The molecule has 0 atom stereocenters. The number of piperazine rings is 1. The van der Waals surface area contributed by atoms with Crippen LogP contribution in [0.4, 0.5) is 0 Å². The van der Waals surface area contributed by atoms with Gasteiger partial charge in [-0.15, -0.1) is 0 Å². The summed E-state index contributed by atoms with van der Waals surface area (Å²) in [5.74, 6) is 0.412. The highest BCUT2D eigenvalue weighted by molar-refractivity contribution is 5.77. The Balaban J connectivity index is 1.40. The molecule has 0 saturated carbocycles. The van der Waals surface area contributed by atoms with Crippen molar-refractivity contribution in [2.45, 2.75) is 65.5 Å². The highest BCUT2D eigenvalue weighted by Crippen LogP contribution is 2.42. The summed E-state index contributed by atoms with van der Waals surface area (Å²) in [6, 6.07) is 1.29. The first-order chi connectivity index (χ1) is 12.4. The van der Waals surface area contributed by atoms with Crippen LogP contribution < -0.4 is 0 Å². The second-order valence-electron chi connectivity index (χ2n) is 9.41. The second-order valence-corrected chi connectivity index (χ2v) is 9.41. The van der Waals surface area contributed by atoms with Crippen molar-refractivity contribution in [3.8, 4) is 0 Å². The largest absolute Gasteiger partial charge is 0.341 e. The number of piperidine rings is 2. The summed E-state index contributed by atoms with van der Waals surface area (Å²) in [6.07, 6.45) is 4.43. The summed E-state index contributed by atoms with van der Waals surface area (Å²) in [7, 11) is 0. The molecule has 0 unspecified atom stereocenters. The number of carbonyl (C=O) groups is 1. The fourth-order valence-electron chi connectivity index (χ4n) is 4.96. The van der Waals surface area contributed by atoms with Gasteiger partial charge in [-0.2, -0.15) is 0 Å². The lowest BCUT2D eigenvalue weighted by atomic mass is 9.71. The molecule has 3 rings (SSSR count). The van der Waals surface area contributed by atoms with Gasteiger partial charge in [-0.1, -0.05) is 0 Å². The second kappa shape index (κ2) is 8.57. The van der Waals surface area contributed by atoms with Crippen molar-refractivity contribution in [1.29, 1.82) is 0 Å². The quantitative estimate of drug-likeness (QED) is 0.748. The van der Waals surface area contributed by atoms with Crippen LogP contribution in [0.25, 0.3) is 0 Å². The van der Waals surface area contributed by atoms with E-state index in [9.17, 15) is 4.79 Å². The smallest absolute Gasteiger partial charge is 0.223 e. The number of carbonyl (C=O) groups excluding carboxylic acids is 1. The molecule has 0 aromatic rings. The molecule has 3 heterocycles. The summed E-state index contributed by atoms with van der Waals surface area (Å²) in [5, 5.41) is 0. The molecule has 0 aromatic carbocycles. The van der Waals surface area contributed by atoms with Crippen molar-refractivity contribution in [2.75, 3.05) is 58.9 Å². The lowest BCUT2D eigenvalue weighted by Gasteiger charge is -2.47. The summed E-state index contributed by atoms with van der Waals surface area (Å²) in [4.78, 5) is 22.6. The minimum atomic E-state index is 0.307. The van der Waals surface area contributed by atoms with Crippen molar-refractivity contribution < 1.29 is 4.79 Å². The predicted octanol–water partition coefficient (Wildman–Crippen LogP) is 2.13. The summed E-state index contributed by atoms with van der Waals surface area (Å²) in [6.45, 7) is 19.1. The Morgan fingerprint density at radius 2 is 1.31 bits per heavy atom. The number of likely N-dealkylation sites (tertiary alicyclic amines) is 2. The first-order valence-corrected chi connectivity index (χ1v) is 10.9. The van der Waals surface area contributed by atoms with Crippen LogP contribution in [0.2, 0.25) is 0 Å². The molecule has 0 aromatic heterocycles. The number of hydrogen-bond donors (Lipinski definition) is 0. The number of hydrogen-bond acceptors (Lipinski definition) is 4. The summed E-state index contributed by atoms with van der Waals surface area (Å²) >= 11 is 0. The molecular formula is C21H40N4O. The third-order valence-electron chi connectivity index (χ3n) is 7.20. The van der Waals surface area contributed by atoms with E-state index in [4.69, 9.17) is 0 Å². The van der Waals surface area contributed by atoms with E-state index in [1.54, 1.807) is 0 Å². The van der Waals surface area contributed by atoms with Crippen molar-refractivity contribution in [3.63, 3.8) is 0 Å². The van der Waals surface area contributed by atoms with Crippen LogP contribution in [0.3, 0.4) is 0 Å². The lowest BCUT2D eigenvalue weighted by Crippen LogP contribution is -2.53. The molecule has 5 nitrogen and oxygen atoms in total. The molecule has 0 radical (unpaired) electrons. The van der Waals surface area contributed by atoms with E-state index < -0.39 is 0 Å². The van der Waals surface area contributed by atoms with E-state index in [-0.39, 0.29) is 0 Å². The Hall–Kier alpha value is -0.650. The van der Waals surface area contributed by atoms with Crippen molar-refractivity contribution in [2.24, 2.45) is 5.41 Å². The zero-order chi connectivity index (χ0) is 18.7. The van der Waals surface area contributed by atoms with Crippen LogP contribution in [0, 0.1) is 5.41 Å². The van der Waals surface area contributed by atoms with Crippen LogP contribution in [-0.4, -0.2) is 96.5 Å². The molecule has 3 fully saturated rings. The Bertz CT molecular complexity index is 461. The average Bonchev–Trinajstić information content (AvgIpc) is 2.62. The highest BCUT2D eigenvalue weighted by atomic mass is 16.2. The van der Waals surface area contributed by atoms with E-state index in [0.29, 0.717) is 23.4 Å². The SMILES string of the molecule is CC(C)N1CCN(CCN2CCC3(CCN(C(C)C)CC3)CC2=O)CC1. The fourth-order valence-corrected chi connectivity index (χ4v) is 4.96. The number of rotatable bonds is 5. The number of nitrogens with zero attached hydrogens (tertiary/aromatic N) is 4. The van der Waals surface area contributed by atoms with Gasteiger partial charge >= 0.3 is 0 Å². The van der Waals surface area contributed by atoms with E-state index in [2.05, 4.69) is 47.3 Å². The van der Waals surface area contributed by atoms with E-state index in [1.165, 1.54) is 45.4 Å². The molecule has 3 aliphatic rings. The Morgan fingerprint density at radius 1 is 0.769 bits per heavy atom. The van der Waals surface area contributed by atoms with Gasteiger partial charge in [-0.25, -0.2) is 0 Å². The first kappa shape index (κ1) is 20.1. The van der Waals surface area contributed by atoms with Crippen LogP contribution in [0.1, 0.15) is 53.4 Å². The van der Waals surface area contributed by atoms with Gasteiger partial charge < -0.3 is 9.80 Å². The molecule has 0 bridgehead atoms. The molecule has 1 amide bonds. The van der Waals surface area contributed by atoms with Crippen molar-refractivity contribution >= 4 is 5.91 Å². The third kappa shape index (κ3) is 4.79. The van der Waals surface area contributed by atoms with Gasteiger partial charge in [0.15, 0.2) is 0 Å². The molecular weight excluding hydrogens is 324 g/mol. The van der Waals surface area contributed by atoms with Crippen LogP contribution in [0.15, 0.2) is 0 Å². The van der Waals surface area contributed by atoms with Crippen LogP contribution in [0.5, 0.6) is 0 Å². The van der Waals surface area contributed by atoms with Crippen molar-refractivity contribution in [1.82, 2.24) is 19.6 Å². The van der Waals surface area contributed by atoms with Gasteiger partial charge in [-0.05, 0) is 65.5 Å². The third-order valence-corrected chi connectivity index (χ3v) is 7.20. The minimum absolute atomic E-state index is 0.307. The Kier molecular flexibility index (Phi) is 6.63. The molecule has 0 aliphatic carbocycles. The molecule has 0 N–H and O–H groups in total. The molecule has 26 heavy (non-hydrogen) atoms. The standard InChI is InChI=1S/C21H40N4O/c1-18(2)23-8-5-21(6-9-23)7-10-25(20(26)17-21)16-13-22-11-14-24(15-12-22)19(3)4/h18-19H,5-17H2,1-4H3. The zero-order valence-corrected chi connectivity index (χ0v) is 17.5. The molecule has 150 valence electrons. The van der Waals surface area contributed by atoms with Crippen molar-refractivity contribution in [3.05, 3.63) is 0 Å². The van der Waals surface area contributed by atoms with Gasteiger partial charge in [0.2, 0.25) is 5.91 Å². The van der Waals surface area contributed by atoms with E-state index in [0.717, 1.165) is 39.1 Å². The fraction of sp³-hybridized carbons (Fsp3) is 0.952. The monoisotopic (exact) mass is 364 g/mol. The molecule has 1 spiro atoms. The topological polar surface area (TPSA) is 30.0 Å². The van der Waals surface area contributed by atoms with E-state index in [1.807, 2.05) is 0 Å². The van der Waals surface area contributed by atoms with Crippen LogP contribution >= 0.6 is 0 Å². The average molecular weight is 365 g/mol. The highest BCUT2D eigenvalue weighted by Gasteiger charge is 2.41. The lowest BCUT2D eigenvalue weighted by molar-refractivity contribution is -0.140. The van der Waals surface area contributed by atoms with Gasteiger partial charge in [0.25, 0.3) is 0 Å². The van der Waals surface area contributed by atoms with Gasteiger partial charge in [0, 0.05) is 64.3 Å². The molecule has 5 heteroatoms. The summed E-state index contributed by atoms with van der Waals surface area (Å²) < 4.78 is 0. The van der Waals surface area contributed by atoms with E-state index >= 15 is 0 Å². The Morgan fingerprint density at radius 3 is 1.85 bits per heavy atom. The minimum Gasteiger partial charge on any atom is -0.341 e. The van der Waals surface area contributed by atoms with Crippen LogP contribution in [-0.2, 0) is 4.79 Å². The Labute approximate surface area is 160 Å².